The number of hydrogen-bond donors (Lipinski definition) is 0. The van der Waals surface area contributed by atoms with Gasteiger partial charge in [-0.15, -0.1) is 0 Å². The molecule has 0 atom stereocenters. The summed E-state index contributed by atoms with van der Waals surface area (Å²) in [5.41, 5.74) is 1.85. The maximum absolute atomic E-state index is 11.7. The highest BCUT2D eigenvalue weighted by Gasteiger charge is 2.20. The molecule has 0 aliphatic carbocycles. The molecule has 2 rings (SSSR count). The minimum Gasteiger partial charge on any atom is -0.455 e. The van der Waals surface area contributed by atoms with E-state index in [1.54, 1.807) is 0 Å². The maximum Gasteiger partial charge on any atom is 0.179 e. The van der Waals surface area contributed by atoms with Crippen molar-refractivity contribution < 1.29 is 12.8 Å². The molecule has 0 spiro atoms. The van der Waals surface area contributed by atoms with Crippen LogP contribution in [0.3, 0.4) is 0 Å². The van der Waals surface area contributed by atoms with Gasteiger partial charge in [0.2, 0.25) is 0 Å². The van der Waals surface area contributed by atoms with E-state index in [0.717, 1.165) is 11.1 Å². The monoisotopic (exact) mass is 262 g/mol. The molecular formula is C14H14O3S. The van der Waals surface area contributed by atoms with Gasteiger partial charge in [-0.3, -0.25) is 0 Å². The molecule has 0 bridgehead atoms. The summed E-state index contributed by atoms with van der Waals surface area (Å²) in [6.45, 7) is 5.56. The molecule has 18 heavy (non-hydrogen) atoms. The van der Waals surface area contributed by atoms with Crippen molar-refractivity contribution in [3.8, 4) is 11.3 Å². The van der Waals surface area contributed by atoms with E-state index in [1.165, 1.54) is 18.4 Å². The second kappa shape index (κ2) is 4.46. The Balaban J connectivity index is 2.66. The Morgan fingerprint density at radius 3 is 2.33 bits per heavy atom. The number of furan rings is 1. The molecule has 2 aromatic rings. The number of rotatable bonds is 3. The average Bonchev–Trinajstić information content (AvgIpc) is 2.74. The molecular weight excluding hydrogens is 248 g/mol. The molecule has 1 aromatic carbocycles. The number of sulfone groups is 1. The SMILES string of the molecule is C=Cc1cc(S(C)(=O)=O)c(-c2ccc(C)cc2)o1. The van der Waals surface area contributed by atoms with Gasteiger partial charge >= 0.3 is 0 Å². The van der Waals surface area contributed by atoms with E-state index in [1.807, 2.05) is 31.2 Å². The van der Waals surface area contributed by atoms with E-state index >= 15 is 0 Å². The van der Waals surface area contributed by atoms with Crippen molar-refractivity contribution in [2.24, 2.45) is 0 Å². The van der Waals surface area contributed by atoms with Crippen LogP contribution in [0.25, 0.3) is 17.4 Å². The summed E-state index contributed by atoms with van der Waals surface area (Å²) >= 11 is 0. The number of hydrogen-bond acceptors (Lipinski definition) is 3. The molecule has 0 N–H and O–H groups in total. The van der Waals surface area contributed by atoms with Crippen LogP contribution in [0.15, 0.2) is 46.2 Å². The zero-order valence-corrected chi connectivity index (χ0v) is 11.1. The molecule has 94 valence electrons. The van der Waals surface area contributed by atoms with Gasteiger partial charge in [-0.05, 0) is 13.0 Å². The second-order valence-corrected chi connectivity index (χ2v) is 6.17. The largest absolute Gasteiger partial charge is 0.455 e. The minimum atomic E-state index is -3.32. The van der Waals surface area contributed by atoms with E-state index < -0.39 is 9.84 Å². The van der Waals surface area contributed by atoms with E-state index in [2.05, 4.69) is 6.58 Å². The smallest absolute Gasteiger partial charge is 0.179 e. The van der Waals surface area contributed by atoms with E-state index in [4.69, 9.17) is 4.42 Å². The van der Waals surface area contributed by atoms with Crippen molar-refractivity contribution in [2.45, 2.75) is 11.8 Å². The fourth-order valence-electron chi connectivity index (χ4n) is 1.67. The van der Waals surface area contributed by atoms with Crippen LogP contribution in [0.1, 0.15) is 11.3 Å². The topological polar surface area (TPSA) is 47.3 Å². The zero-order valence-electron chi connectivity index (χ0n) is 10.3. The Kier molecular flexibility index (Phi) is 3.13. The van der Waals surface area contributed by atoms with Gasteiger partial charge in [-0.25, -0.2) is 8.42 Å². The molecule has 0 aliphatic rings. The van der Waals surface area contributed by atoms with Crippen LogP contribution in [0.2, 0.25) is 0 Å². The van der Waals surface area contributed by atoms with Crippen LogP contribution < -0.4 is 0 Å². The summed E-state index contributed by atoms with van der Waals surface area (Å²) in [7, 11) is -3.32. The van der Waals surface area contributed by atoms with Crippen LogP contribution in [-0.4, -0.2) is 14.7 Å². The predicted molar refractivity (Wildman–Crippen MR) is 72.1 cm³/mol. The lowest BCUT2D eigenvalue weighted by molar-refractivity contribution is 0.563. The Labute approximate surface area is 107 Å². The molecule has 4 heteroatoms. The lowest BCUT2D eigenvalue weighted by Gasteiger charge is -2.01. The highest BCUT2D eigenvalue weighted by molar-refractivity contribution is 7.90. The van der Waals surface area contributed by atoms with E-state index in [0.29, 0.717) is 11.5 Å². The minimum absolute atomic E-state index is 0.196. The standard InChI is InChI=1S/C14H14O3S/c1-4-12-9-13(18(3,15)16)14(17-12)11-7-5-10(2)6-8-11/h4-9H,1H2,2-3H3. The summed E-state index contributed by atoms with van der Waals surface area (Å²) in [4.78, 5) is 0.196. The Morgan fingerprint density at radius 2 is 1.83 bits per heavy atom. The quantitative estimate of drug-likeness (QED) is 0.852. The fraction of sp³-hybridized carbons (Fsp3) is 0.143. The maximum atomic E-state index is 11.7. The van der Waals surface area contributed by atoms with Gasteiger partial charge in [-0.1, -0.05) is 36.4 Å². The Bertz CT molecular complexity index is 676. The van der Waals surface area contributed by atoms with Crippen LogP contribution in [0.5, 0.6) is 0 Å². The molecule has 3 nitrogen and oxygen atoms in total. The van der Waals surface area contributed by atoms with Gasteiger partial charge < -0.3 is 4.42 Å². The first-order chi connectivity index (χ1) is 8.41. The summed E-state index contributed by atoms with van der Waals surface area (Å²) in [5.74, 6) is 0.818. The van der Waals surface area contributed by atoms with Crippen LogP contribution in [0.4, 0.5) is 0 Å². The molecule has 0 fully saturated rings. The molecule has 0 unspecified atom stereocenters. The number of benzene rings is 1. The molecule has 0 amide bonds. The molecule has 0 saturated carbocycles. The average molecular weight is 262 g/mol. The fourth-order valence-corrected chi connectivity index (χ4v) is 2.50. The molecule has 0 saturated heterocycles. The Hall–Kier alpha value is -1.81. The van der Waals surface area contributed by atoms with Gasteiger partial charge in [0.25, 0.3) is 0 Å². The van der Waals surface area contributed by atoms with Crippen molar-refractivity contribution in [3.63, 3.8) is 0 Å². The summed E-state index contributed by atoms with van der Waals surface area (Å²) in [6, 6.07) is 9.01. The van der Waals surface area contributed by atoms with Crippen molar-refractivity contribution in [2.75, 3.05) is 6.26 Å². The molecule has 0 aliphatic heterocycles. The van der Waals surface area contributed by atoms with Gasteiger partial charge in [0.15, 0.2) is 15.6 Å². The van der Waals surface area contributed by atoms with Crippen LogP contribution in [-0.2, 0) is 9.84 Å². The first-order valence-electron chi connectivity index (χ1n) is 5.45. The Morgan fingerprint density at radius 1 is 1.22 bits per heavy atom. The van der Waals surface area contributed by atoms with E-state index in [9.17, 15) is 8.42 Å². The summed E-state index contributed by atoms with van der Waals surface area (Å²) in [5, 5.41) is 0. The zero-order chi connectivity index (χ0) is 13.3. The van der Waals surface area contributed by atoms with Gasteiger partial charge in [-0.2, -0.15) is 0 Å². The predicted octanol–water partition coefficient (Wildman–Crippen LogP) is 3.30. The van der Waals surface area contributed by atoms with Gasteiger partial charge in [0.1, 0.15) is 10.7 Å². The first kappa shape index (κ1) is 12.6. The molecule has 1 aromatic heterocycles. The third-order valence-electron chi connectivity index (χ3n) is 2.63. The van der Waals surface area contributed by atoms with Crippen molar-refractivity contribution in [1.29, 1.82) is 0 Å². The normalized spacial score (nSPS) is 11.4. The lowest BCUT2D eigenvalue weighted by atomic mass is 10.1. The molecule has 1 heterocycles. The highest BCUT2D eigenvalue weighted by Crippen LogP contribution is 2.31. The van der Waals surface area contributed by atoms with Crippen LogP contribution in [0, 0.1) is 6.92 Å². The highest BCUT2D eigenvalue weighted by atomic mass is 32.2. The van der Waals surface area contributed by atoms with Crippen molar-refractivity contribution in [1.82, 2.24) is 0 Å². The number of aryl methyl sites for hydroxylation is 1. The third-order valence-corrected chi connectivity index (χ3v) is 3.73. The van der Waals surface area contributed by atoms with Gasteiger partial charge in [0.05, 0.1) is 0 Å². The molecule has 0 radical (unpaired) electrons. The lowest BCUT2D eigenvalue weighted by Crippen LogP contribution is -1.96. The second-order valence-electron chi connectivity index (χ2n) is 4.18. The summed E-state index contributed by atoms with van der Waals surface area (Å²) < 4.78 is 29.0. The van der Waals surface area contributed by atoms with Crippen LogP contribution >= 0.6 is 0 Å². The van der Waals surface area contributed by atoms with Crippen molar-refractivity contribution >= 4 is 15.9 Å². The summed E-state index contributed by atoms with van der Waals surface area (Å²) in [6.07, 6.45) is 2.66. The van der Waals surface area contributed by atoms with E-state index in [-0.39, 0.29) is 4.90 Å². The first-order valence-corrected chi connectivity index (χ1v) is 7.34. The third kappa shape index (κ3) is 2.38. The van der Waals surface area contributed by atoms with Gasteiger partial charge in [0, 0.05) is 17.9 Å². The van der Waals surface area contributed by atoms with Crippen molar-refractivity contribution in [3.05, 3.63) is 48.2 Å².